The van der Waals surface area contributed by atoms with Crippen LogP contribution in [0.5, 0.6) is 0 Å². The number of hydrogen-bond donors (Lipinski definition) is 1. The average molecular weight is 285 g/mol. The molecule has 0 amide bonds. The summed E-state index contributed by atoms with van der Waals surface area (Å²) in [6, 6.07) is 8.58. The molecule has 0 spiro atoms. The standard InChI is InChI=1S/C16H19N3O2/c17-14-5-6-20-9-13(14)16-18-15(19-21-16)12-7-10-3-1-2-4-11(10)8-12/h1-4,12-14H,5-9,17H2. The van der Waals surface area contributed by atoms with E-state index < -0.39 is 0 Å². The molecule has 1 fully saturated rings. The SMILES string of the molecule is NC1CCOCC1c1nc(C2Cc3ccccc3C2)no1. The molecule has 2 unspecified atom stereocenters. The van der Waals surface area contributed by atoms with E-state index in [4.69, 9.17) is 15.0 Å². The number of nitrogens with two attached hydrogens (primary N) is 1. The van der Waals surface area contributed by atoms with Gasteiger partial charge in [-0.1, -0.05) is 29.4 Å². The maximum atomic E-state index is 6.13. The van der Waals surface area contributed by atoms with Crippen molar-refractivity contribution in [2.45, 2.75) is 37.1 Å². The van der Waals surface area contributed by atoms with Crippen molar-refractivity contribution in [2.75, 3.05) is 13.2 Å². The fourth-order valence-electron chi connectivity index (χ4n) is 3.31. The van der Waals surface area contributed by atoms with Crippen LogP contribution in [0.1, 0.15) is 41.1 Å². The van der Waals surface area contributed by atoms with E-state index in [-0.39, 0.29) is 12.0 Å². The molecule has 0 saturated carbocycles. The fourth-order valence-corrected chi connectivity index (χ4v) is 3.31. The van der Waals surface area contributed by atoms with Crippen molar-refractivity contribution in [1.29, 1.82) is 0 Å². The van der Waals surface area contributed by atoms with E-state index in [1.54, 1.807) is 0 Å². The van der Waals surface area contributed by atoms with Crippen molar-refractivity contribution in [3.05, 3.63) is 47.1 Å². The summed E-state index contributed by atoms with van der Waals surface area (Å²) < 4.78 is 10.9. The van der Waals surface area contributed by atoms with Crippen LogP contribution in [0, 0.1) is 0 Å². The number of ether oxygens (including phenoxy) is 1. The molecule has 0 bridgehead atoms. The van der Waals surface area contributed by atoms with Crippen LogP contribution in [-0.2, 0) is 17.6 Å². The summed E-state index contributed by atoms with van der Waals surface area (Å²) in [4.78, 5) is 4.61. The maximum absolute atomic E-state index is 6.13. The molecule has 1 aliphatic carbocycles. The summed E-state index contributed by atoms with van der Waals surface area (Å²) in [7, 11) is 0. The predicted octanol–water partition coefficient (Wildman–Crippen LogP) is 1.78. The first kappa shape index (κ1) is 13.0. The molecule has 4 rings (SSSR count). The number of aromatic nitrogens is 2. The molecule has 1 aromatic heterocycles. The molecule has 5 heteroatoms. The Labute approximate surface area is 123 Å². The van der Waals surface area contributed by atoms with Crippen molar-refractivity contribution >= 4 is 0 Å². The van der Waals surface area contributed by atoms with Crippen molar-refractivity contribution in [2.24, 2.45) is 5.73 Å². The van der Waals surface area contributed by atoms with Gasteiger partial charge in [0, 0.05) is 18.6 Å². The highest BCUT2D eigenvalue weighted by atomic mass is 16.5. The largest absolute Gasteiger partial charge is 0.381 e. The van der Waals surface area contributed by atoms with Crippen molar-refractivity contribution in [3.63, 3.8) is 0 Å². The number of benzene rings is 1. The second-order valence-corrected chi connectivity index (χ2v) is 6.00. The third kappa shape index (κ3) is 2.36. The monoisotopic (exact) mass is 285 g/mol. The molecule has 2 heterocycles. The summed E-state index contributed by atoms with van der Waals surface area (Å²) in [5.74, 6) is 1.79. The third-order valence-corrected chi connectivity index (χ3v) is 4.60. The van der Waals surface area contributed by atoms with Gasteiger partial charge in [-0.2, -0.15) is 4.98 Å². The van der Waals surface area contributed by atoms with Gasteiger partial charge in [-0.15, -0.1) is 0 Å². The van der Waals surface area contributed by atoms with Gasteiger partial charge in [0.05, 0.1) is 12.5 Å². The Balaban J connectivity index is 1.53. The molecular weight excluding hydrogens is 266 g/mol. The minimum Gasteiger partial charge on any atom is -0.381 e. The van der Waals surface area contributed by atoms with E-state index in [0.717, 1.165) is 31.7 Å². The fraction of sp³-hybridized carbons (Fsp3) is 0.500. The van der Waals surface area contributed by atoms with E-state index in [2.05, 4.69) is 34.4 Å². The molecule has 1 aliphatic heterocycles. The minimum atomic E-state index is 0.0313. The molecule has 5 nitrogen and oxygen atoms in total. The quantitative estimate of drug-likeness (QED) is 0.910. The molecule has 21 heavy (non-hydrogen) atoms. The number of fused-ring (bicyclic) bond motifs is 1. The minimum absolute atomic E-state index is 0.0313. The van der Waals surface area contributed by atoms with Gasteiger partial charge in [0.1, 0.15) is 0 Å². The van der Waals surface area contributed by atoms with Gasteiger partial charge in [0.25, 0.3) is 0 Å². The Morgan fingerprint density at radius 1 is 1.14 bits per heavy atom. The zero-order chi connectivity index (χ0) is 14.2. The van der Waals surface area contributed by atoms with Crippen LogP contribution in [0.4, 0.5) is 0 Å². The molecule has 2 N–H and O–H groups in total. The third-order valence-electron chi connectivity index (χ3n) is 4.60. The Hall–Kier alpha value is -1.72. The van der Waals surface area contributed by atoms with Crippen LogP contribution < -0.4 is 5.73 Å². The zero-order valence-electron chi connectivity index (χ0n) is 11.9. The number of rotatable bonds is 2. The number of hydrogen-bond acceptors (Lipinski definition) is 5. The second-order valence-electron chi connectivity index (χ2n) is 6.00. The highest BCUT2D eigenvalue weighted by molar-refractivity contribution is 5.34. The van der Waals surface area contributed by atoms with Crippen LogP contribution in [0.3, 0.4) is 0 Å². The van der Waals surface area contributed by atoms with E-state index in [1.165, 1.54) is 11.1 Å². The molecule has 2 atom stereocenters. The summed E-state index contributed by atoms with van der Waals surface area (Å²) in [5, 5.41) is 4.19. The Bertz CT molecular complexity index is 615. The van der Waals surface area contributed by atoms with Crippen molar-refractivity contribution in [3.8, 4) is 0 Å². The lowest BCUT2D eigenvalue weighted by Gasteiger charge is -2.25. The first-order valence-corrected chi connectivity index (χ1v) is 7.55. The normalized spacial score (nSPS) is 26.0. The summed E-state index contributed by atoms with van der Waals surface area (Å²) >= 11 is 0. The molecular formula is C16H19N3O2. The first-order chi connectivity index (χ1) is 10.3. The average Bonchev–Trinajstić information content (AvgIpc) is 3.14. The molecule has 0 radical (unpaired) electrons. The van der Waals surface area contributed by atoms with Crippen LogP contribution >= 0.6 is 0 Å². The van der Waals surface area contributed by atoms with Crippen LogP contribution in [0.2, 0.25) is 0 Å². The molecule has 1 aromatic carbocycles. The Morgan fingerprint density at radius 3 is 2.62 bits per heavy atom. The van der Waals surface area contributed by atoms with E-state index in [1.807, 2.05) is 0 Å². The van der Waals surface area contributed by atoms with Gasteiger partial charge in [0.15, 0.2) is 5.82 Å². The smallest absolute Gasteiger partial charge is 0.233 e. The molecule has 2 aromatic rings. The van der Waals surface area contributed by atoms with Gasteiger partial charge in [-0.05, 0) is 30.4 Å². The summed E-state index contributed by atoms with van der Waals surface area (Å²) in [6.07, 6.45) is 2.82. The van der Waals surface area contributed by atoms with Crippen LogP contribution in [0.15, 0.2) is 28.8 Å². The van der Waals surface area contributed by atoms with Gasteiger partial charge in [-0.3, -0.25) is 0 Å². The van der Waals surface area contributed by atoms with Crippen LogP contribution in [0.25, 0.3) is 0 Å². The Morgan fingerprint density at radius 2 is 1.90 bits per heavy atom. The van der Waals surface area contributed by atoms with Gasteiger partial charge >= 0.3 is 0 Å². The highest BCUT2D eigenvalue weighted by Crippen LogP contribution is 2.33. The van der Waals surface area contributed by atoms with E-state index in [0.29, 0.717) is 18.4 Å². The van der Waals surface area contributed by atoms with Crippen LogP contribution in [-0.4, -0.2) is 29.4 Å². The molecule has 1 saturated heterocycles. The van der Waals surface area contributed by atoms with Gasteiger partial charge in [0.2, 0.25) is 5.89 Å². The topological polar surface area (TPSA) is 74.2 Å². The van der Waals surface area contributed by atoms with E-state index >= 15 is 0 Å². The van der Waals surface area contributed by atoms with Gasteiger partial charge < -0.3 is 15.0 Å². The lowest BCUT2D eigenvalue weighted by molar-refractivity contribution is 0.0590. The molecule has 2 aliphatic rings. The maximum Gasteiger partial charge on any atom is 0.233 e. The second kappa shape index (κ2) is 5.24. The molecule has 110 valence electrons. The van der Waals surface area contributed by atoms with Gasteiger partial charge in [-0.25, -0.2) is 0 Å². The van der Waals surface area contributed by atoms with Crippen molar-refractivity contribution in [1.82, 2.24) is 10.1 Å². The first-order valence-electron chi connectivity index (χ1n) is 7.55. The summed E-state index contributed by atoms with van der Waals surface area (Å²) in [5.41, 5.74) is 8.92. The lowest BCUT2D eigenvalue weighted by Crippen LogP contribution is -2.37. The lowest BCUT2D eigenvalue weighted by atomic mass is 9.96. The predicted molar refractivity (Wildman–Crippen MR) is 77.0 cm³/mol. The zero-order valence-corrected chi connectivity index (χ0v) is 11.9. The van der Waals surface area contributed by atoms with Crippen molar-refractivity contribution < 1.29 is 9.26 Å². The number of nitrogens with zero attached hydrogens (tertiary/aromatic N) is 2. The summed E-state index contributed by atoms with van der Waals surface area (Å²) in [6.45, 7) is 1.30. The van der Waals surface area contributed by atoms with E-state index in [9.17, 15) is 0 Å². The Kier molecular flexibility index (Phi) is 3.24. The highest BCUT2D eigenvalue weighted by Gasteiger charge is 2.32.